The van der Waals surface area contributed by atoms with Crippen LogP contribution in [0.1, 0.15) is 39.7 Å². The van der Waals surface area contributed by atoms with E-state index in [-0.39, 0.29) is 0 Å². The van der Waals surface area contributed by atoms with E-state index < -0.39 is 0 Å². The van der Waals surface area contributed by atoms with Crippen LogP contribution in [0.15, 0.2) is 24.3 Å². The molecule has 0 spiro atoms. The van der Waals surface area contributed by atoms with Gasteiger partial charge in [-0.15, -0.1) is 0 Å². The maximum absolute atomic E-state index is 2.33. The van der Waals surface area contributed by atoms with E-state index >= 15 is 0 Å². The van der Waals surface area contributed by atoms with Crippen molar-refractivity contribution in [3.05, 3.63) is 29.8 Å². The zero-order valence-electron chi connectivity index (χ0n) is 10.9. The first-order valence-corrected chi connectivity index (χ1v) is 6.17. The molecule has 0 fully saturated rings. The van der Waals surface area contributed by atoms with Gasteiger partial charge in [-0.25, -0.2) is 0 Å². The summed E-state index contributed by atoms with van der Waals surface area (Å²) in [5.74, 6) is 0. The Balaban J connectivity index is 0.000000442. The van der Waals surface area contributed by atoms with Crippen LogP contribution in [0.3, 0.4) is 0 Å². The average molecular weight is 207 g/mol. The van der Waals surface area contributed by atoms with Crippen LogP contribution in [-0.2, 0) is 6.42 Å². The molecule has 0 atom stereocenters. The molecule has 1 nitrogen and oxygen atoms in total. The number of nitrogens with zero attached hydrogens (tertiary/aromatic N) is 1. The Bertz CT molecular complexity index is 255. The summed E-state index contributed by atoms with van der Waals surface area (Å²) in [6.07, 6.45) is 2.55. The molecule has 0 radical (unpaired) electrons. The molecule has 2 rings (SSSR count). The average Bonchev–Trinajstić information content (AvgIpc) is 2.35. The molecule has 0 aliphatic carbocycles. The summed E-state index contributed by atoms with van der Waals surface area (Å²) in [7, 11) is 2.16. The summed E-state index contributed by atoms with van der Waals surface area (Å²) in [6.45, 7) is 9.21. The van der Waals surface area contributed by atoms with Crippen LogP contribution in [0.2, 0.25) is 0 Å². The summed E-state index contributed by atoms with van der Waals surface area (Å²) in [6, 6.07) is 8.66. The molecule has 1 heteroatoms. The topological polar surface area (TPSA) is 3.24 Å². The van der Waals surface area contributed by atoms with Crippen molar-refractivity contribution in [1.82, 2.24) is 0 Å². The molecule has 0 saturated carbocycles. The Morgan fingerprint density at radius 1 is 1.00 bits per heavy atom. The van der Waals surface area contributed by atoms with Gasteiger partial charge in [-0.3, -0.25) is 0 Å². The minimum absolute atomic E-state index is 1.21. The number of anilines is 1. The highest BCUT2D eigenvalue weighted by Crippen LogP contribution is 2.24. The van der Waals surface area contributed by atoms with Gasteiger partial charge >= 0.3 is 0 Å². The van der Waals surface area contributed by atoms with Gasteiger partial charge in [-0.05, 0) is 24.5 Å². The lowest BCUT2D eigenvalue weighted by Gasteiger charge is -2.26. The van der Waals surface area contributed by atoms with Crippen molar-refractivity contribution in [2.24, 2.45) is 0 Å². The van der Waals surface area contributed by atoms with Crippen LogP contribution >= 0.6 is 0 Å². The van der Waals surface area contributed by atoms with E-state index in [1.165, 1.54) is 30.6 Å². The Morgan fingerprint density at radius 3 is 2.20 bits per heavy atom. The molecule has 0 amide bonds. The minimum Gasteiger partial charge on any atom is -0.374 e. The third-order valence-corrected chi connectivity index (χ3v) is 2.34. The van der Waals surface area contributed by atoms with E-state index in [0.717, 1.165) is 0 Å². The number of aryl methyl sites for hydroxylation is 1. The van der Waals surface area contributed by atoms with Gasteiger partial charge in [0.2, 0.25) is 0 Å². The number of rotatable bonds is 0. The third-order valence-electron chi connectivity index (χ3n) is 2.34. The Morgan fingerprint density at radius 2 is 1.60 bits per heavy atom. The van der Waals surface area contributed by atoms with Crippen LogP contribution in [0.4, 0.5) is 5.69 Å². The first kappa shape index (κ1) is 14.0. The van der Waals surface area contributed by atoms with Crippen molar-refractivity contribution in [3.8, 4) is 0 Å². The molecule has 86 valence electrons. The van der Waals surface area contributed by atoms with E-state index in [1.54, 1.807) is 0 Å². The molecule has 0 N–H and O–H groups in total. The highest BCUT2D eigenvalue weighted by molar-refractivity contribution is 5.54. The molecule has 0 saturated heterocycles. The fourth-order valence-electron chi connectivity index (χ4n) is 1.72. The number of benzene rings is 1. The number of hydrogen-bond acceptors (Lipinski definition) is 1. The van der Waals surface area contributed by atoms with E-state index in [2.05, 4.69) is 36.2 Å². The SMILES string of the molecule is CC.CC.CN1CCCc2ccccc21. The molecule has 0 bridgehead atoms. The molecule has 0 unspecified atom stereocenters. The highest BCUT2D eigenvalue weighted by atomic mass is 15.1. The number of hydrogen-bond donors (Lipinski definition) is 0. The molecule has 1 aliphatic heterocycles. The smallest absolute Gasteiger partial charge is 0.0396 e. The van der Waals surface area contributed by atoms with Crippen molar-refractivity contribution in [2.45, 2.75) is 40.5 Å². The molecule has 1 aromatic carbocycles. The van der Waals surface area contributed by atoms with Gasteiger partial charge < -0.3 is 4.90 Å². The van der Waals surface area contributed by atoms with Crippen molar-refractivity contribution in [1.29, 1.82) is 0 Å². The predicted octanol–water partition coefficient (Wildman–Crippen LogP) is 4.12. The molecule has 1 heterocycles. The molecular formula is C14H25N. The van der Waals surface area contributed by atoms with E-state index in [4.69, 9.17) is 0 Å². The largest absolute Gasteiger partial charge is 0.374 e. The standard InChI is InChI=1S/C10H13N.2C2H6/c1-11-8-4-6-9-5-2-3-7-10(9)11;2*1-2/h2-3,5,7H,4,6,8H2,1H3;2*1-2H3. The molecule has 1 aliphatic rings. The van der Waals surface area contributed by atoms with E-state index in [9.17, 15) is 0 Å². The zero-order valence-corrected chi connectivity index (χ0v) is 10.9. The fraction of sp³-hybridized carbons (Fsp3) is 0.571. The molecule has 15 heavy (non-hydrogen) atoms. The van der Waals surface area contributed by atoms with Crippen molar-refractivity contribution >= 4 is 5.69 Å². The lowest BCUT2D eigenvalue weighted by Crippen LogP contribution is -2.24. The van der Waals surface area contributed by atoms with Crippen LogP contribution in [0, 0.1) is 0 Å². The monoisotopic (exact) mass is 207 g/mol. The first-order valence-electron chi connectivity index (χ1n) is 6.17. The van der Waals surface area contributed by atoms with Crippen LogP contribution in [0.5, 0.6) is 0 Å². The Hall–Kier alpha value is -0.980. The fourth-order valence-corrected chi connectivity index (χ4v) is 1.72. The normalized spacial score (nSPS) is 12.7. The second-order valence-electron chi connectivity index (χ2n) is 3.15. The minimum atomic E-state index is 1.21. The zero-order chi connectivity index (χ0) is 11.7. The third kappa shape index (κ3) is 3.94. The lowest BCUT2D eigenvalue weighted by molar-refractivity contribution is 0.744. The van der Waals surface area contributed by atoms with Gasteiger partial charge in [0.05, 0.1) is 0 Å². The number of fused-ring (bicyclic) bond motifs is 1. The predicted molar refractivity (Wildman–Crippen MR) is 70.7 cm³/mol. The van der Waals surface area contributed by atoms with Gasteiger partial charge in [0.25, 0.3) is 0 Å². The Kier molecular flexibility index (Phi) is 7.79. The van der Waals surface area contributed by atoms with Gasteiger partial charge in [-0.2, -0.15) is 0 Å². The van der Waals surface area contributed by atoms with Crippen LogP contribution in [-0.4, -0.2) is 13.6 Å². The summed E-state index contributed by atoms with van der Waals surface area (Å²) in [4.78, 5) is 2.33. The van der Waals surface area contributed by atoms with E-state index in [1.807, 2.05) is 27.7 Å². The summed E-state index contributed by atoms with van der Waals surface area (Å²) in [5.41, 5.74) is 2.92. The molecule has 0 aromatic heterocycles. The maximum Gasteiger partial charge on any atom is 0.0396 e. The van der Waals surface area contributed by atoms with Crippen molar-refractivity contribution in [2.75, 3.05) is 18.5 Å². The Labute approximate surface area is 95.1 Å². The summed E-state index contributed by atoms with van der Waals surface area (Å²) < 4.78 is 0. The molecular weight excluding hydrogens is 182 g/mol. The summed E-state index contributed by atoms with van der Waals surface area (Å²) in [5, 5.41) is 0. The lowest BCUT2D eigenvalue weighted by atomic mass is 10.0. The van der Waals surface area contributed by atoms with Crippen molar-refractivity contribution < 1.29 is 0 Å². The summed E-state index contributed by atoms with van der Waals surface area (Å²) >= 11 is 0. The highest BCUT2D eigenvalue weighted by Gasteiger charge is 2.11. The molecule has 1 aromatic rings. The quantitative estimate of drug-likeness (QED) is 0.618. The van der Waals surface area contributed by atoms with E-state index in [0.29, 0.717) is 0 Å². The first-order chi connectivity index (χ1) is 7.38. The second kappa shape index (κ2) is 8.34. The van der Waals surface area contributed by atoms with Gasteiger partial charge in [0.15, 0.2) is 0 Å². The second-order valence-corrected chi connectivity index (χ2v) is 3.15. The van der Waals surface area contributed by atoms with Gasteiger partial charge in [0, 0.05) is 19.3 Å². The van der Waals surface area contributed by atoms with Gasteiger partial charge in [-0.1, -0.05) is 45.9 Å². The number of para-hydroxylation sites is 1. The van der Waals surface area contributed by atoms with Gasteiger partial charge in [0.1, 0.15) is 0 Å². The van der Waals surface area contributed by atoms with Crippen molar-refractivity contribution in [3.63, 3.8) is 0 Å². The van der Waals surface area contributed by atoms with Crippen LogP contribution in [0.25, 0.3) is 0 Å². The van der Waals surface area contributed by atoms with Crippen LogP contribution < -0.4 is 4.90 Å². The maximum atomic E-state index is 2.33.